The summed E-state index contributed by atoms with van der Waals surface area (Å²) in [7, 11) is 0. The van der Waals surface area contributed by atoms with E-state index in [1.165, 1.54) is 77.2 Å². The highest BCUT2D eigenvalue weighted by atomic mass is 32.2. The quantitative estimate of drug-likeness (QED) is 0.812. The highest BCUT2D eigenvalue weighted by Crippen LogP contribution is 2.52. The molecule has 104 valence electrons. The van der Waals surface area contributed by atoms with E-state index in [0.29, 0.717) is 4.75 Å². The lowest BCUT2D eigenvalue weighted by Gasteiger charge is -2.53. The summed E-state index contributed by atoms with van der Waals surface area (Å²) in [6.07, 6.45) is 18.6. The van der Waals surface area contributed by atoms with E-state index in [4.69, 9.17) is 0 Å². The van der Waals surface area contributed by atoms with Crippen LogP contribution in [-0.2, 0) is 0 Å². The van der Waals surface area contributed by atoms with Gasteiger partial charge in [0.05, 0.1) is 0 Å². The average Bonchev–Trinajstić information content (AvgIpc) is 2.88. The topological polar surface area (TPSA) is 12.0 Å². The molecule has 2 heteroatoms. The monoisotopic (exact) mass is 267 g/mol. The molecule has 1 N–H and O–H groups in total. The van der Waals surface area contributed by atoms with Crippen molar-refractivity contribution >= 4 is 11.8 Å². The molecule has 18 heavy (non-hydrogen) atoms. The van der Waals surface area contributed by atoms with Gasteiger partial charge in [-0.2, -0.15) is 11.8 Å². The first-order valence-corrected chi connectivity index (χ1v) is 9.30. The van der Waals surface area contributed by atoms with Crippen LogP contribution < -0.4 is 5.32 Å². The smallest absolute Gasteiger partial charge is 0.0281 e. The van der Waals surface area contributed by atoms with Crippen molar-refractivity contribution in [2.75, 3.05) is 12.8 Å². The molecule has 1 spiro atoms. The third-order valence-electron chi connectivity index (χ3n) is 6.14. The molecule has 0 aromatic carbocycles. The second-order valence-electron chi connectivity index (χ2n) is 6.99. The van der Waals surface area contributed by atoms with E-state index in [1.54, 1.807) is 0 Å². The molecule has 3 fully saturated rings. The molecule has 0 heterocycles. The Morgan fingerprint density at radius 1 is 0.944 bits per heavy atom. The fourth-order valence-corrected chi connectivity index (χ4v) is 5.58. The third kappa shape index (κ3) is 2.35. The molecule has 0 bridgehead atoms. The first-order valence-electron chi connectivity index (χ1n) is 8.07. The Kier molecular flexibility index (Phi) is 3.96. The minimum atomic E-state index is 0.589. The second-order valence-corrected chi connectivity index (χ2v) is 8.26. The maximum absolute atomic E-state index is 3.99. The van der Waals surface area contributed by atoms with Gasteiger partial charge < -0.3 is 5.32 Å². The molecule has 0 aliphatic heterocycles. The van der Waals surface area contributed by atoms with Gasteiger partial charge in [-0.05, 0) is 50.2 Å². The van der Waals surface area contributed by atoms with Gasteiger partial charge in [-0.15, -0.1) is 0 Å². The van der Waals surface area contributed by atoms with Gasteiger partial charge in [0, 0.05) is 17.3 Å². The van der Waals surface area contributed by atoms with Crippen LogP contribution in [-0.4, -0.2) is 23.6 Å². The lowest BCUT2D eigenvalue weighted by Crippen LogP contribution is -2.56. The molecule has 1 atom stereocenters. The van der Waals surface area contributed by atoms with Gasteiger partial charge in [-0.25, -0.2) is 0 Å². The summed E-state index contributed by atoms with van der Waals surface area (Å²) in [5.74, 6) is 0. The van der Waals surface area contributed by atoms with Crippen LogP contribution in [0, 0.1) is 5.41 Å². The molecule has 0 amide bonds. The summed E-state index contributed by atoms with van der Waals surface area (Å²) in [6, 6.07) is 0.863. The minimum Gasteiger partial charge on any atom is -0.312 e. The van der Waals surface area contributed by atoms with Crippen LogP contribution in [0.25, 0.3) is 0 Å². The molecule has 0 radical (unpaired) electrons. The molecule has 3 aliphatic rings. The van der Waals surface area contributed by atoms with Crippen LogP contribution in [0.15, 0.2) is 0 Å². The molecule has 1 nitrogen and oxygen atoms in total. The molecule has 0 aromatic rings. The largest absolute Gasteiger partial charge is 0.312 e. The van der Waals surface area contributed by atoms with Crippen molar-refractivity contribution in [2.24, 2.45) is 5.41 Å². The van der Waals surface area contributed by atoms with Gasteiger partial charge in [0.25, 0.3) is 0 Å². The average molecular weight is 267 g/mol. The first-order chi connectivity index (χ1) is 8.79. The Balaban J connectivity index is 1.53. The van der Waals surface area contributed by atoms with Crippen molar-refractivity contribution in [3.63, 3.8) is 0 Å². The van der Waals surface area contributed by atoms with Gasteiger partial charge in [0.2, 0.25) is 0 Å². The van der Waals surface area contributed by atoms with E-state index in [2.05, 4.69) is 23.3 Å². The van der Waals surface area contributed by atoms with Crippen molar-refractivity contribution in [3.05, 3.63) is 0 Å². The van der Waals surface area contributed by atoms with Gasteiger partial charge in [-0.1, -0.05) is 32.1 Å². The van der Waals surface area contributed by atoms with Crippen LogP contribution in [0.4, 0.5) is 0 Å². The Bertz CT molecular complexity index is 277. The first kappa shape index (κ1) is 13.3. The maximum Gasteiger partial charge on any atom is 0.0281 e. The zero-order valence-electron chi connectivity index (χ0n) is 12.0. The minimum absolute atomic E-state index is 0.589. The van der Waals surface area contributed by atoms with Crippen LogP contribution in [0.2, 0.25) is 0 Å². The molecule has 1 unspecified atom stereocenters. The molecule has 0 saturated heterocycles. The van der Waals surface area contributed by atoms with E-state index in [-0.39, 0.29) is 0 Å². The Morgan fingerprint density at radius 3 is 2.17 bits per heavy atom. The van der Waals surface area contributed by atoms with E-state index in [1.807, 2.05) is 0 Å². The summed E-state index contributed by atoms with van der Waals surface area (Å²) in [5.41, 5.74) is 0.733. The molecule has 0 aromatic heterocycles. The van der Waals surface area contributed by atoms with E-state index in [9.17, 15) is 0 Å². The van der Waals surface area contributed by atoms with E-state index >= 15 is 0 Å². The number of nitrogens with one attached hydrogen (secondary N) is 1. The SMILES string of the molecule is CSC1(CNC2CCC23CCCCC3)CCCC1. The highest BCUT2D eigenvalue weighted by Gasteiger charge is 2.47. The van der Waals surface area contributed by atoms with Crippen molar-refractivity contribution in [3.8, 4) is 0 Å². The van der Waals surface area contributed by atoms with Crippen LogP contribution in [0.1, 0.15) is 70.6 Å². The predicted molar refractivity (Wildman–Crippen MR) is 81.3 cm³/mol. The normalized spacial score (nSPS) is 33.5. The van der Waals surface area contributed by atoms with Crippen molar-refractivity contribution in [2.45, 2.75) is 81.4 Å². The summed E-state index contributed by atoms with van der Waals surface area (Å²) >= 11 is 2.13. The number of thioether (sulfide) groups is 1. The number of hydrogen-bond donors (Lipinski definition) is 1. The maximum atomic E-state index is 3.99. The summed E-state index contributed by atoms with van der Waals surface area (Å²) < 4.78 is 0.589. The zero-order chi connectivity index (χ0) is 12.5. The fraction of sp³-hybridized carbons (Fsp3) is 1.00. The summed E-state index contributed by atoms with van der Waals surface area (Å²) in [6.45, 7) is 1.28. The Labute approximate surface area is 117 Å². The van der Waals surface area contributed by atoms with Gasteiger partial charge in [0.15, 0.2) is 0 Å². The molecule has 3 aliphatic carbocycles. The molecular formula is C16H29NS. The van der Waals surface area contributed by atoms with Crippen LogP contribution >= 0.6 is 11.8 Å². The lowest BCUT2D eigenvalue weighted by atomic mass is 9.57. The summed E-state index contributed by atoms with van der Waals surface area (Å²) in [5, 5.41) is 3.99. The Morgan fingerprint density at radius 2 is 1.61 bits per heavy atom. The molecule has 3 saturated carbocycles. The summed E-state index contributed by atoms with van der Waals surface area (Å²) in [4.78, 5) is 0. The lowest BCUT2D eigenvalue weighted by molar-refractivity contribution is 0.0220. The van der Waals surface area contributed by atoms with Gasteiger partial charge >= 0.3 is 0 Å². The molecule has 3 rings (SSSR count). The Hall–Kier alpha value is 0.310. The number of rotatable bonds is 4. The standard InChI is InChI=1S/C16H29NS/c1-18-16(10-5-6-11-16)13-17-14-7-12-15(14)8-3-2-4-9-15/h14,17H,2-13H2,1H3. The van der Waals surface area contributed by atoms with E-state index in [0.717, 1.165) is 11.5 Å². The van der Waals surface area contributed by atoms with Crippen molar-refractivity contribution in [1.82, 2.24) is 5.32 Å². The van der Waals surface area contributed by atoms with E-state index < -0.39 is 0 Å². The molecular weight excluding hydrogens is 238 g/mol. The second kappa shape index (κ2) is 5.36. The fourth-order valence-electron chi connectivity index (χ4n) is 4.65. The van der Waals surface area contributed by atoms with Gasteiger partial charge in [0.1, 0.15) is 0 Å². The van der Waals surface area contributed by atoms with Crippen LogP contribution in [0.3, 0.4) is 0 Å². The zero-order valence-corrected chi connectivity index (χ0v) is 12.8. The number of hydrogen-bond acceptors (Lipinski definition) is 2. The predicted octanol–water partition coefficient (Wildman–Crippen LogP) is 4.36. The van der Waals surface area contributed by atoms with Crippen LogP contribution in [0.5, 0.6) is 0 Å². The highest BCUT2D eigenvalue weighted by molar-refractivity contribution is 8.00. The van der Waals surface area contributed by atoms with Gasteiger partial charge in [-0.3, -0.25) is 0 Å². The van der Waals surface area contributed by atoms with Crippen molar-refractivity contribution < 1.29 is 0 Å². The third-order valence-corrected chi connectivity index (χ3v) is 7.56. The van der Waals surface area contributed by atoms with Crippen molar-refractivity contribution in [1.29, 1.82) is 0 Å².